The van der Waals surface area contributed by atoms with E-state index in [1.165, 1.54) is 19.2 Å². The smallest absolute Gasteiger partial charge is 0.275 e. The molecule has 1 aromatic carbocycles. The summed E-state index contributed by atoms with van der Waals surface area (Å²) in [7, 11) is 1.44. The molecule has 2 N–H and O–H groups in total. The van der Waals surface area contributed by atoms with Crippen molar-refractivity contribution in [1.82, 2.24) is 0 Å². The predicted molar refractivity (Wildman–Crippen MR) is 59.8 cm³/mol. The summed E-state index contributed by atoms with van der Waals surface area (Å²) in [6, 6.07) is 4.20. The fourth-order valence-corrected chi connectivity index (χ4v) is 1.22. The lowest BCUT2D eigenvalue weighted by Gasteiger charge is -2.12. The third-order valence-corrected chi connectivity index (χ3v) is 2.02. The van der Waals surface area contributed by atoms with E-state index < -0.39 is 4.92 Å². The number of nitro groups is 1. The number of rotatable bonds is 5. The van der Waals surface area contributed by atoms with E-state index in [1.54, 1.807) is 13.0 Å². The van der Waals surface area contributed by atoms with Gasteiger partial charge in [-0.1, -0.05) is 0 Å². The van der Waals surface area contributed by atoms with Gasteiger partial charge in [0.25, 0.3) is 5.69 Å². The molecular formula is C10H14N2O4. The van der Waals surface area contributed by atoms with Crippen LogP contribution in [0.15, 0.2) is 18.2 Å². The fourth-order valence-electron chi connectivity index (χ4n) is 1.22. The van der Waals surface area contributed by atoms with Gasteiger partial charge in [-0.2, -0.15) is 0 Å². The number of anilines is 1. The van der Waals surface area contributed by atoms with Crippen LogP contribution in [0.25, 0.3) is 0 Å². The summed E-state index contributed by atoms with van der Waals surface area (Å²) in [5, 5.41) is 22.4. The van der Waals surface area contributed by atoms with Gasteiger partial charge < -0.3 is 15.2 Å². The zero-order valence-corrected chi connectivity index (χ0v) is 9.14. The van der Waals surface area contributed by atoms with Crippen LogP contribution >= 0.6 is 0 Å². The number of nitro benzene ring substituents is 1. The summed E-state index contributed by atoms with van der Waals surface area (Å²) < 4.78 is 4.95. The Hall–Kier alpha value is -1.82. The number of benzene rings is 1. The standard InChI is InChI=1S/C10H14N2O4/c1-7(6-13)11-8-3-9(12(14)15)5-10(4-8)16-2/h3-5,7,11,13H,6H2,1-2H3. The summed E-state index contributed by atoms with van der Waals surface area (Å²) in [5.74, 6) is 0.404. The molecule has 0 aliphatic rings. The SMILES string of the molecule is COc1cc(NC(C)CO)cc([N+](=O)[O-])c1. The number of ether oxygens (including phenoxy) is 1. The minimum atomic E-state index is -0.489. The Kier molecular flexibility index (Phi) is 4.07. The van der Waals surface area contributed by atoms with Gasteiger partial charge in [0.15, 0.2) is 0 Å². The van der Waals surface area contributed by atoms with Gasteiger partial charge in [0.1, 0.15) is 5.75 Å². The van der Waals surface area contributed by atoms with E-state index in [0.29, 0.717) is 11.4 Å². The lowest BCUT2D eigenvalue weighted by atomic mass is 10.2. The zero-order valence-electron chi connectivity index (χ0n) is 9.14. The minimum absolute atomic E-state index is 0.0491. The van der Waals surface area contributed by atoms with Crippen LogP contribution in [0, 0.1) is 10.1 Å². The first-order chi connectivity index (χ1) is 7.56. The summed E-state index contributed by atoms with van der Waals surface area (Å²) in [4.78, 5) is 10.2. The molecule has 1 unspecified atom stereocenters. The van der Waals surface area contributed by atoms with Crippen LogP contribution in [0.2, 0.25) is 0 Å². The highest BCUT2D eigenvalue weighted by Gasteiger charge is 2.11. The Morgan fingerprint density at radius 1 is 1.56 bits per heavy atom. The van der Waals surface area contributed by atoms with Gasteiger partial charge in [0.2, 0.25) is 0 Å². The first kappa shape index (κ1) is 12.3. The van der Waals surface area contributed by atoms with Gasteiger partial charge in [-0.3, -0.25) is 10.1 Å². The maximum Gasteiger partial charge on any atom is 0.275 e. The molecule has 6 nitrogen and oxygen atoms in total. The summed E-state index contributed by atoms with van der Waals surface area (Å²) >= 11 is 0. The lowest BCUT2D eigenvalue weighted by molar-refractivity contribution is -0.384. The molecular weight excluding hydrogens is 212 g/mol. The molecule has 0 amide bonds. The van der Waals surface area contributed by atoms with Crippen LogP contribution in [0.4, 0.5) is 11.4 Å². The topological polar surface area (TPSA) is 84.6 Å². The van der Waals surface area contributed by atoms with E-state index in [2.05, 4.69) is 5.32 Å². The van der Waals surface area contributed by atoms with E-state index in [-0.39, 0.29) is 18.3 Å². The summed E-state index contributed by atoms with van der Waals surface area (Å²) in [6.07, 6.45) is 0. The van der Waals surface area contributed by atoms with Crippen molar-refractivity contribution < 1.29 is 14.8 Å². The van der Waals surface area contributed by atoms with Gasteiger partial charge in [0.05, 0.1) is 24.7 Å². The van der Waals surface area contributed by atoms with Crippen molar-refractivity contribution in [2.24, 2.45) is 0 Å². The molecule has 0 bridgehead atoms. The van der Waals surface area contributed by atoms with Crippen molar-refractivity contribution >= 4 is 11.4 Å². The van der Waals surface area contributed by atoms with Gasteiger partial charge in [-0.15, -0.1) is 0 Å². The molecule has 0 aliphatic carbocycles. The summed E-state index contributed by atoms with van der Waals surface area (Å²) in [5.41, 5.74) is 0.500. The fraction of sp³-hybridized carbons (Fsp3) is 0.400. The first-order valence-electron chi connectivity index (χ1n) is 4.77. The number of hydrogen-bond acceptors (Lipinski definition) is 5. The Labute approximate surface area is 93.0 Å². The van der Waals surface area contributed by atoms with Gasteiger partial charge in [-0.25, -0.2) is 0 Å². The van der Waals surface area contributed by atoms with Crippen LogP contribution in [-0.2, 0) is 0 Å². The normalized spacial score (nSPS) is 11.9. The van der Waals surface area contributed by atoms with Gasteiger partial charge in [0, 0.05) is 23.9 Å². The molecule has 0 spiro atoms. The molecule has 1 aromatic rings. The second kappa shape index (κ2) is 5.32. The second-order valence-electron chi connectivity index (χ2n) is 3.40. The lowest BCUT2D eigenvalue weighted by Crippen LogP contribution is -2.19. The quantitative estimate of drug-likeness (QED) is 0.585. The third kappa shape index (κ3) is 3.09. The number of hydrogen-bond donors (Lipinski definition) is 2. The monoisotopic (exact) mass is 226 g/mol. The van der Waals surface area contributed by atoms with Crippen LogP contribution in [0.3, 0.4) is 0 Å². The van der Waals surface area contributed by atoms with Crippen molar-refractivity contribution in [3.63, 3.8) is 0 Å². The molecule has 6 heteroatoms. The highest BCUT2D eigenvalue weighted by atomic mass is 16.6. The molecule has 1 atom stereocenters. The van der Waals surface area contributed by atoms with E-state index in [0.717, 1.165) is 0 Å². The first-order valence-corrected chi connectivity index (χ1v) is 4.77. The Balaban J connectivity index is 2.99. The van der Waals surface area contributed by atoms with E-state index in [4.69, 9.17) is 9.84 Å². The van der Waals surface area contributed by atoms with Crippen molar-refractivity contribution in [2.45, 2.75) is 13.0 Å². The molecule has 88 valence electrons. The molecule has 1 rings (SSSR count). The van der Waals surface area contributed by atoms with Crippen molar-refractivity contribution in [2.75, 3.05) is 19.0 Å². The molecule has 0 radical (unpaired) electrons. The highest BCUT2D eigenvalue weighted by Crippen LogP contribution is 2.26. The zero-order chi connectivity index (χ0) is 12.1. The predicted octanol–water partition coefficient (Wildman–Crippen LogP) is 1.40. The average molecular weight is 226 g/mol. The van der Waals surface area contributed by atoms with Gasteiger partial charge in [-0.05, 0) is 6.92 Å². The van der Waals surface area contributed by atoms with E-state index in [9.17, 15) is 10.1 Å². The molecule has 0 aliphatic heterocycles. The number of nitrogens with zero attached hydrogens (tertiary/aromatic N) is 1. The van der Waals surface area contributed by atoms with E-state index >= 15 is 0 Å². The highest BCUT2D eigenvalue weighted by molar-refractivity contribution is 5.56. The molecule has 0 fully saturated rings. The third-order valence-electron chi connectivity index (χ3n) is 2.02. The number of methoxy groups -OCH3 is 1. The number of nitrogens with one attached hydrogen (secondary N) is 1. The van der Waals surface area contributed by atoms with Crippen LogP contribution < -0.4 is 10.1 Å². The minimum Gasteiger partial charge on any atom is -0.496 e. The van der Waals surface area contributed by atoms with Gasteiger partial charge >= 0.3 is 0 Å². The largest absolute Gasteiger partial charge is 0.496 e. The Morgan fingerprint density at radius 3 is 2.75 bits per heavy atom. The molecule has 0 aromatic heterocycles. The Morgan fingerprint density at radius 2 is 2.25 bits per heavy atom. The van der Waals surface area contributed by atoms with Crippen molar-refractivity contribution in [3.8, 4) is 5.75 Å². The maximum absolute atomic E-state index is 10.6. The second-order valence-corrected chi connectivity index (χ2v) is 3.40. The molecule has 16 heavy (non-hydrogen) atoms. The number of aliphatic hydroxyl groups excluding tert-OH is 1. The maximum atomic E-state index is 10.6. The van der Waals surface area contributed by atoms with E-state index in [1.807, 2.05) is 0 Å². The molecule has 0 saturated heterocycles. The van der Waals surface area contributed by atoms with Crippen LogP contribution in [-0.4, -0.2) is 29.8 Å². The number of non-ortho nitro benzene ring substituents is 1. The average Bonchev–Trinajstić information content (AvgIpc) is 2.28. The van der Waals surface area contributed by atoms with Crippen LogP contribution in [0.5, 0.6) is 5.75 Å². The van der Waals surface area contributed by atoms with Crippen LogP contribution in [0.1, 0.15) is 6.92 Å². The van der Waals surface area contributed by atoms with Crippen molar-refractivity contribution in [1.29, 1.82) is 0 Å². The number of aliphatic hydroxyl groups is 1. The van der Waals surface area contributed by atoms with Crippen molar-refractivity contribution in [3.05, 3.63) is 28.3 Å². The Bertz CT molecular complexity index is 381. The summed E-state index contributed by atoms with van der Waals surface area (Å²) in [6.45, 7) is 1.72. The molecule has 0 heterocycles. The molecule has 0 saturated carbocycles.